The Kier molecular flexibility index (Phi) is 2.16. The molecule has 10 heavy (non-hydrogen) atoms. The first-order chi connectivity index (χ1) is 4.71. The lowest BCUT2D eigenvalue weighted by molar-refractivity contribution is -0.143. The Hall–Kier alpha value is -0.280. The van der Waals surface area contributed by atoms with Gasteiger partial charge in [-0.25, -0.2) is 4.84 Å². The van der Waals surface area contributed by atoms with Gasteiger partial charge in [0.2, 0.25) is 0 Å². The summed E-state index contributed by atoms with van der Waals surface area (Å²) in [5.74, 6) is -0.833. The minimum atomic E-state index is -0.833. The molecule has 0 amide bonds. The van der Waals surface area contributed by atoms with E-state index in [0.717, 1.165) is 12.8 Å². The van der Waals surface area contributed by atoms with E-state index in [-0.39, 0.29) is 0 Å². The molecule has 0 aromatic carbocycles. The van der Waals surface area contributed by atoms with E-state index in [0.29, 0.717) is 12.8 Å². The Balaban J connectivity index is 2.67. The summed E-state index contributed by atoms with van der Waals surface area (Å²) in [6, 6.07) is 0. The van der Waals surface area contributed by atoms with Gasteiger partial charge in [0, 0.05) is 0 Å². The fourth-order valence-corrected chi connectivity index (χ4v) is 1.60. The molecule has 0 atom stereocenters. The van der Waals surface area contributed by atoms with Crippen molar-refractivity contribution >= 4 is 17.7 Å². The summed E-state index contributed by atoms with van der Waals surface area (Å²) in [5.41, 5.74) is -0.832. The Morgan fingerprint density at radius 2 is 2.00 bits per heavy atom. The molecule has 1 fully saturated rings. The highest BCUT2D eigenvalue weighted by Crippen LogP contribution is 2.30. The Morgan fingerprint density at radius 3 is 2.20 bits per heavy atom. The van der Waals surface area contributed by atoms with Crippen LogP contribution >= 0.6 is 11.8 Å². The third-order valence-electron chi connectivity index (χ3n) is 2.05. The van der Waals surface area contributed by atoms with E-state index < -0.39 is 11.5 Å². The van der Waals surface area contributed by atoms with Crippen molar-refractivity contribution in [3.05, 3.63) is 0 Å². The fourth-order valence-electron chi connectivity index (χ4n) is 1.33. The number of carbonyl (C=O) groups is 1. The SMILES string of the molecule is O=C(O)C1(NCl)CCCC1. The Morgan fingerprint density at radius 1 is 1.50 bits per heavy atom. The Labute approximate surface area is 64.5 Å². The zero-order chi connectivity index (χ0) is 7.61. The molecule has 0 bridgehead atoms. The van der Waals surface area contributed by atoms with E-state index in [2.05, 4.69) is 4.84 Å². The second kappa shape index (κ2) is 2.76. The van der Waals surface area contributed by atoms with Crippen LogP contribution in [0.2, 0.25) is 0 Å². The maximum atomic E-state index is 10.6. The van der Waals surface area contributed by atoms with E-state index in [1.807, 2.05) is 0 Å². The molecule has 0 radical (unpaired) electrons. The maximum absolute atomic E-state index is 10.6. The predicted molar refractivity (Wildman–Crippen MR) is 37.8 cm³/mol. The fraction of sp³-hybridized carbons (Fsp3) is 0.833. The van der Waals surface area contributed by atoms with Crippen molar-refractivity contribution in [2.45, 2.75) is 31.2 Å². The van der Waals surface area contributed by atoms with Crippen LogP contribution in [0.4, 0.5) is 0 Å². The zero-order valence-corrected chi connectivity index (χ0v) is 6.32. The van der Waals surface area contributed by atoms with Crippen LogP contribution in [0.15, 0.2) is 0 Å². The molecule has 0 aromatic heterocycles. The molecule has 1 saturated carbocycles. The lowest BCUT2D eigenvalue weighted by Crippen LogP contribution is -2.45. The number of carboxylic acid groups (broad SMARTS) is 1. The number of rotatable bonds is 2. The van der Waals surface area contributed by atoms with E-state index in [1.54, 1.807) is 0 Å². The molecule has 2 N–H and O–H groups in total. The molecule has 58 valence electrons. The van der Waals surface area contributed by atoms with Crippen molar-refractivity contribution in [2.75, 3.05) is 0 Å². The summed E-state index contributed by atoms with van der Waals surface area (Å²) in [6.07, 6.45) is 3.19. The van der Waals surface area contributed by atoms with E-state index in [4.69, 9.17) is 16.9 Å². The van der Waals surface area contributed by atoms with Crippen molar-refractivity contribution in [2.24, 2.45) is 0 Å². The third-order valence-corrected chi connectivity index (χ3v) is 2.41. The predicted octanol–water partition coefficient (Wildman–Crippen LogP) is 1.13. The van der Waals surface area contributed by atoms with Crippen LogP contribution in [0.3, 0.4) is 0 Å². The lowest BCUT2D eigenvalue weighted by atomic mass is 10.0. The number of carboxylic acids is 1. The van der Waals surface area contributed by atoms with Crippen molar-refractivity contribution in [1.29, 1.82) is 0 Å². The van der Waals surface area contributed by atoms with Gasteiger partial charge < -0.3 is 5.11 Å². The van der Waals surface area contributed by atoms with Gasteiger partial charge in [0.05, 0.1) is 0 Å². The molecule has 0 heterocycles. The van der Waals surface area contributed by atoms with Gasteiger partial charge in [-0.15, -0.1) is 0 Å². The number of hydrogen-bond acceptors (Lipinski definition) is 2. The summed E-state index contributed by atoms with van der Waals surface area (Å²) < 4.78 is 0. The molecule has 1 rings (SSSR count). The minimum Gasteiger partial charge on any atom is -0.480 e. The molecule has 1 aliphatic carbocycles. The highest BCUT2D eigenvalue weighted by Gasteiger charge is 2.40. The highest BCUT2D eigenvalue weighted by molar-refractivity contribution is 6.15. The Bertz CT molecular complexity index is 143. The molecule has 4 heteroatoms. The van der Waals surface area contributed by atoms with Crippen molar-refractivity contribution in [3.63, 3.8) is 0 Å². The first kappa shape index (κ1) is 7.82. The van der Waals surface area contributed by atoms with Crippen molar-refractivity contribution in [3.8, 4) is 0 Å². The summed E-state index contributed by atoms with van der Waals surface area (Å²) >= 11 is 5.33. The van der Waals surface area contributed by atoms with Crippen LogP contribution in [-0.2, 0) is 4.79 Å². The lowest BCUT2D eigenvalue weighted by Gasteiger charge is -2.20. The molecule has 0 aliphatic heterocycles. The van der Waals surface area contributed by atoms with E-state index in [1.165, 1.54) is 0 Å². The topological polar surface area (TPSA) is 49.3 Å². The highest BCUT2D eigenvalue weighted by atomic mass is 35.5. The molecule has 0 unspecified atom stereocenters. The number of nitrogens with one attached hydrogen (secondary N) is 1. The zero-order valence-electron chi connectivity index (χ0n) is 5.56. The van der Waals surface area contributed by atoms with Crippen LogP contribution in [0.1, 0.15) is 25.7 Å². The normalized spacial score (nSPS) is 22.9. The van der Waals surface area contributed by atoms with E-state index in [9.17, 15) is 4.79 Å². The number of hydrogen-bond donors (Lipinski definition) is 2. The molecule has 0 aromatic rings. The third kappa shape index (κ3) is 1.11. The maximum Gasteiger partial charge on any atom is 0.325 e. The first-order valence-electron chi connectivity index (χ1n) is 3.32. The molecule has 0 spiro atoms. The molecular weight excluding hydrogens is 154 g/mol. The van der Waals surface area contributed by atoms with Gasteiger partial charge in [0.15, 0.2) is 0 Å². The average Bonchev–Trinajstić information content (AvgIpc) is 2.35. The standard InChI is InChI=1S/C6H10ClNO2/c7-8-6(5(9)10)3-1-2-4-6/h8H,1-4H2,(H,9,10). The average molecular weight is 164 g/mol. The minimum absolute atomic E-state index is 0.645. The van der Waals surface area contributed by atoms with Crippen LogP contribution in [0.5, 0.6) is 0 Å². The van der Waals surface area contributed by atoms with Crippen molar-refractivity contribution < 1.29 is 9.90 Å². The summed E-state index contributed by atoms with van der Waals surface area (Å²) in [5, 5.41) is 8.72. The number of aliphatic carboxylic acids is 1. The van der Waals surface area contributed by atoms with Gasteiger partial charge in [-0.3, -0.25) is 4.79 Å². The number of halogens is 1. The van der Waals surface area contributed by atoms with Gasteiger partial charge in [-0.05, 0) is 24.6 Å². The van der Waals surface area contributed by atoms with Crippen LogP contribution < -0.4 is 4.84 Å². The smallest absolute Gasteiger partial charge is 0.325 e. The van der Waals surface area contributed by atoms with Gasteiger partial charge in [0.25, 0.3) is 0 Å². The van der Waals surface area contributed by atoms with Crippen LogP contribution in [0.25, 0.3) is 0 Å². The van der Waals surface area contributed by atoms with Crippen molar-refractivity contribution in [1.82, 2.24) is 4.84 Å². The summed E-state index contributed by atoms with van der Waals surface area (Å²) in [4.78, 5) is 13.0. The summed E-state index contributed by atoms with van der Waals surface area (Å²) in [6.45, 7) is 0. The van der Waals surface area contributed by atoms with Gasteiger partial charge in [-0.2, -0.15) is 0 Å². The molecule has 3 nitrogen and oxygen atoms in total. The van der Waals surface area contributed by atoms with E-state index >= 15 is 0 Å². The second-order valence-electron chi connectivity index (χ2n) is 2.69. The molecule has 0 saturated heterocycles. The largest absolute Gasteiger partial charge is 0.480 e. The van der Waals surface area contributed by atoms with Gasteiger partial charge >= 0.3 is 5.97 Å². The summed E-state index contributed by atoms with van der Waals surface area (Å²) in [7, 11) is 0. The molecule has 1 aliphatic rings. The quantitative estimate of drug-likeness (QED) is 0.600. The monoisotopic (exact) mass is 163 g/mol. The van der Waals surface area contributed by atoms with Gasteiger partial charge in [0.1, 0.15) is 5.54 Å². The van der Waals surface area contributed by atoms with Gasteiger partial charge in [-0.1, -0.05) is 12.8 Å². The second-order valence-corrected chi connectivity index (χ2v) is 2.88. The first-order valence-corrected chi connectivity index (χ1v) is 3.70. The van der Waals surface area contributed by atoms with Crippen LogP contribution in [-0.4, -0.2) is 16.6 Å². The molecular formula is C6H10ClNO2. The van der Waals surface area contributed by atoms with Crippen LogP contribution in [0, 0.1) is 0 Å².